The third-order valence-corrected chi connectivity index (χ3v) is 4.66. The van der Waals surface area contributed by atoms with Gasteiger partial charge in [-0.1, -0.05) is 17.7 Å². The topological polar surface area (TPSA) is 108 Å². The zero-order chi connectivity index (χ0) is 22.0. The van der Waals surface area contributed by atoms with E-state index >= 15 is 0 Å². The molecular formula is C23H19N3O5. The van der Waals surface area contributed by atoms with Gasteiger partial charge in [0.1, 0.15) is 5.52 Å². The van der Waals surface area contributed by atoms with Crippen LogP contribution in [0.3, 0.4) is 0 Å². The van der Waals surface area contributed by atoms with E-state index in [0.29, 0.717) is 22.7 Å². The average molecular weight is 417 g/mol. The second-order valence-corrected chi connectivity index (χ2v) is 6.89. The predicted octanol–water partition coefficient (Wildman–Crippen LogP) is 5.36. The number of anilines is 1. The highest BCUT2D eigenvalue weighted by atomic mass is 16.6. The molecule has 1 N–H and O–H groups in total. The number of hydrogen-bond donors (Lipinski definition) is 1. The summed E-state index contributed by atoms with van der Waals surface area (Å²) in [5, 5.41) is 14.0. The Morgan fingerprint density at radius 2 is 1.90 bits per heavy atom. The van der Waals surface area contributed by atoms with Gasteiger partial charge in [-0.3, -0.25) is 14.9 Å². The van der Waals surface area contributed by atoms with Crippen molar-refractivity contribution in [2.45, 2.75) is 13.8 Å². The lowest BCUT2D eigenvalue weighted by atomic mass is 10.1. The highest BCUT2D eigenvalue weighted by molar-refractivity contribution is 6.05. The lowest BCUT2D eigenvalue weighted by molar-refractivity contribution is -0.385. The summed E-state index contributed by atoms with van der Waals surface area (Å²) in [4.78, 5) is 27.8. The maximum absolute atomic E-state index is 12.6. The molecule has 0 saturated heterocycles. The summed E-state index contributed by atoms with van der Waals surface area (Å²) in [6.45, 7) is 4.02. The molecule has 0 aliphatic carbocycles. The van der Waals surface area contributed by atoms with Gasteiger partial charge in [-0.15, -0.1) is 0 Å². The summed E-state index contributed by atoms with van der Waals surface area (Å²) in [6.07, 6.45) is 0. The maximum atomic E-state index is 12.6. The smallest absolute Gasteiger partial charge is 0.311 e. The van der Waals surface area contributed by atoms with Crippen molar-refractivity contribution in [2.75, 3.05) is 11.9 Å². The van der Waals surface area contributed by atoms with Crippen LogP contribution >= 0.6 is 0 Å². The fraction of sp³-hybridized carbons (Fsp3) is 0.130. The Morgan fingerprint density at radius 3 is 2.61 bits per heavy atom. The Morgan fingerprint density at radius 1 is 1.13 bits per heavy atom. The van der Waals surface area contributed by atoms with Crippen molar-refractivity contribution in [3.63, 3.8) is 0 Å². The van der Waals surface area contributed by atoms with Crippen molar-refractivity contribution in [3.8, 4) is 17.2 Å². The molecule has 0 unspecified atom stereocenters. The molecule has 0 aliphatic heterocycles. The van der Waals surface area contributed by atoms with Gasteiger partial charge >= 0.3 is 5.69 Å². The fourth-order valence-electron chi connectivity index (χ4n) is 3.11. The number of ether oxygens (including phenoxy) is 1. The van der Waals surface area contributed by atoms with Crippen LogP contribution in [0.2, 0.25) is 0 Å². The summed E-state index contributed by atoms with van der Waals surface area (Å²) in [5.41, 5.74) is 3.56. The quantitative estimate of drug-likeness (QED) is 0.334. The molecule has 0 aliphatic rings. The number of nitrogens with one attached hydrogen (secondary N) is 1. The van der Waals surface area contributed by atoms with E-state index in [1.165, 1.54) is 18.2 Å². The summed E-state index contributed by atoms with van der Waals surface area (Å²) < 4.78 is 11.1. The summed E-state index contributed by atoms with van der Waals surface area (Å²) >= 11 is 0. The lowest BCUT2D eigenvalue weighted by Gasteiger charge is -2.07. The van der Waals surface area contributed by atoms with Crippen molar-refractivity contribution in [3.05, 3.63) is 81.9 Å². The number of aromatic nitrogens is 1. The van der Waals surface area contributed by atoms with Gasteiger partial charge in [0.15, 0.2) is 11.3 Å². The summed E-state index contributed by atoms with van der Waals surface area (Å²) in [6, 6.07) is 17.0. The van der Waals surface area contributed by atoms with E-state index in [-0.39, 0.29) is 23.6 Å². The molecule has 4 aromatic rings. The average Bonchev–Trinajstić information content (AvgIpc) is 3.18. The number of nitrogens with zero attached hydrogens (tertiary/aromatic N) is 2. The second kappa shape index (κ2) is 8.27. The van der Waals surface area contributed by atoms with Crippen LogP contribution in [0.5, 0.6) is 5.75 Å². The van der Waals surface area contributed by atoms with Crippen LogP contribution in [0.4, 0.5) is 11.4 Å². The molecule has 1 amide bonds. The number of carbonyl (C=O) groups is 1. The first kappa shape index (κ1) is 20.1. The summed E-state index contributed by atoms with van der Waals surface area (Å²) in [5.74, 6) is 0.130. The summed E-state index contributed by atoms with van der Waals surface area (Å²) in [7, 11) is 0. The van der Waals surface area contributed by atoms with E-state index in [0.717, 1.165) is 11.1 Å². The first-order chi connectivity index (χ1) is 14.9. The van der Waals surface area contributed by atoms with Crippen LogP contribution in [0.1, 0.15) is 22.8 Å². The van der Waals surface area contributed by atoms with Crippen molar-refractivity contribution in [2.24, 2.45) is 0 Å². The fourth-order valence-corrected chi connectivity index (χ4v) is 3.11. The molecule has 31 heavy (non-hydrogen) atoms. The number of amides is 1. The number of fused-ring (bicyclic) bond motifs is 1. The third kappa shape index (κ3) is 4.23. The van der Waals surface area contributed by atoms with E-state index in [1.54, 1.807) is 25.1 Å². The minimum Gasteiger partial charge on any atom is -0.487 e. The minimum atomic E-state index is -0.574. The predicted molar refractivity (Wildman–Crippen MR) is 116 cm³/mol. The van der Waals surface area contributed by atoms with E-state index < -0.39 is 10.8 Å². The number of carbonyl (C=O) groups excluding carboxylic acids is 1. The number of rotatable bonds is 6. The molecule has 8 nitrogen and oxygen atoms in total. The number of aryl methyl sites for hydroxylation is 1. The Kier molecular flexibility index (Phi) is 5.36. The molecule has 0 saturated carbocycles. The number of nitro benzene ring substituents is 1. The Hall–Kier alpha value is -4.20. The van der Waals surface area contributed by atoms with Gasteiger partial charge in [-0.05, 0) is 56.3 Å². The number of benzene rings is 3. The van der Waals surface area contributed by atoms with Crippen molar-refractivity contribution in [1.82, 2.24) is 4.98 Å². The van der Waals surface area contributed by atoms with Crippen molar-refractivity contribution >= 4 is 28.4 Å². The number of oxazole rings is 1. The standard InChI is InChI=1S/C23H19N3O5/c1-3-30-21-10-8-16(12-19(21)26(28)29)22(27)24-17-9-11-20-18(13-17)25-23(31-20)15-6-4-14(2)5-7-15/h4-13H,3H2,1-2H3,(H,24,27). The van der Waals surface area contributed by atoms with Gasteiger partial charge in [-0.2, -0.15) is 0 Å². The largest absolute Gasteiger partial charge is 0.487 e. The third-order valence-electron chi connectivity index (χ3n) is 4.66. The molecule has 1 heterocycles. The van der Waals surface area contributed by atoms with Gasteiger partial charge in [-0.25, -0.2) is 4.98 Å². The molecule has 0 bridgehead atoms. The Labute approximate surface area is 177 Å². The minimum absolute atomic E-state index is 0.122. The SMILES string of the molecule is CCOc1ccc(C(=O)Nc2ccc3oc(-c4ccc(C)cc4)nc3c2)cc1[N+](=O)[O-]. The molecule has 4 rings (SSSR count). The Bertz CT molecular complexity index is 1280. The maximum Gasteiger partial charge on any atom is 0.311 e. The first-order valence-electron chi connectivity index (χ1n) is 9.65. The normalized spacial score (nSPS) is 10.8. The van der Waals surface area contributed by atoms with Crippen LogP contribution in [-0.4, -0.2) is 22.4 Å². The highest BCUT2D eigenvalue weighted by Gasteiger charge is 2.19. The van der Waals surface area contributed by atoms with E-state index in [1.807, 2.05) is 31.2 Å². The van der Waals surface area contributed by atoms with Gasteiger partial charge in [0.05, 0.1) is 11.5 Å². The van der Waals surface area contributed by atoms with Crippen LogP contribution in [0.25, 0.3) is 22.6 Å². The van der Waals surface area contributed by atoms with Crippen molar-refractivity contribution < 1.29 is 18.9 Å². The molecule has 1 aromatic heterocycles. The molecule has 8 heteroatoms. The van der Waals surface area contributed by atoms with Crippen LogP contribution in [0.15, 0.2) is 65.1 Å². The Balaban J connectivity index is 1.58. The first-order valence-corrected chi connectivity index (χ1v) is 9.65. The van der Waals surface area contributed by atoms with Gasteiger partial charge < -0.3 is 14.5 Å². The molecule has 3 aromatic carbocycles. The number of nitro groups is 1. The zero-order valence-corrected chi connectivity index (χ0v) is 16.9. The van der Waals surface area contributed by atoms with Gasteiger partial charge in [0.25, 0.3) is 5.91 Å². The number of hydrogen-bond acceptors (Lipinski definition) is 6. The van der Waals surface area contributed by atoms with Gasteiger partial charge in [0, 0.05) is 22.9 Å². The van der Waals surface area contributed by atoms with E-state index in [9.17, 15) is 14.9 Å². The molecule has 0 spiro atoms. The van der Waals surface area contributed by atoms with Crippen LogP contribution in [0, 0.1) is 17.0 Å². The molecule has 0 radical (unpaired) electrons. The van der Waals surface area contributed by atoms with E-state index in [4.69, 9.17) is 9.15 Å². The zero-order valence-electron chi connectivity index (χ0n) is 16.9. The monoisotopic (exact) mass is 417 g/mol. The van der Waals surface area contributed by atoms with Crippen LogP contribution < -0.4 is 10.1 Å². The molecule has 156 valence electrons. The van der Waals surface area contributed by atoms with Crippen LogP contribution in [-0.2, 0) is 0 Å². The molecule has 0 atom stereocenters. The molecular weight excluding hydrogens is 398 g/mol. The highest BCUT2D eigenvalue weighted by Crippen LogP contribution is 2.29. The van der Waals surface area contributed by atoms with Crippen molar-refractivity contribution in [1.29, 1.82) is 0 Å². The van der Waals surface area contributed by atoms with E-state index in [2.05, 4.69) is 10.3 Å². The molecule has 0 fully saturated rings. The second-order valence-electron chi connectivity index (χ2n) is 6.89. The lowest BCUT2D eigenvalue weighted by Crippen LogP contribution is -2.12. The van der Waals surface area contributed by atoms with Gasteiger partial charge in [0.2, 0.25) is 5.89 Å².